The minimum atomic E-state index is -1.63. The first-order chi connectivity index (χ1) is 25.6. The fraction of sp³-hybridized carbons (Fsp3) is 0.611. The summed E-state index contributed by atoms with van der Waals surface area (Å²) >= 11 is 0. The zero-order chi connectivity index (χ0) is 41.7. The molecule has 0 unspecified atom stereocenters. The van der Waals surface area contributed by atoms with Crippen LogP contribution in [0, 0.1) is 11.8 Å². The van der Waals surface area contributed by atoms with Gasteiger partial charge in [0.2, 0.25) is 41.4 Å². The largest absolute Gasteiger partial charge is 0.508 e. The van der Waals surface area contributed by atoms with E-state index in [-0.39, 0.29) is 43.4 Å². The molecular weight excluding hydrogens is 720 g/mol. The maximum Gasteiger partial charge on any atom is 0.303 e. The Balaban J connectivity index is 2.30. The molecule has 1 aromatic carbocycles. The third-order valence-electron chi connectivity index (χ3n) is 8.95. The van der Waals surface area contributed by atoms with Gasteiger partial charge in [-0.05, 0) is 56.2 Å². The zero-order valence-corrected chi connectivity index (χ0v) is 32.0. The van der Waals surface area contributed by atoms with Crippen LogP contribution in [0.1, 0.15) is 72.8 Å². The van der Waals surface area contributed by atoms with E-state index in [4.69, 9.17) is 11.5 Å². The number of nitrogens with two attached hydrogens (primary N) is 2. The highest BCUT2D eigenvalue weighted by molar-refractivity contribution is 5.97. The molecule has 1 fully saturated rings. The van der Waals surface area contributed by atoms with E-state index in [9.17, 15) is 53.7 Å². The summed E-state index contributed by atoms with van der Waals surface area (Å²) in [6.45, 7) is 9.37. The zero-order valence-electron chi connectivity index (χ0n) is 32.0. The Bertz CT molecular complexity index is 1550. The first kappa shape index (κ1) is 45.9. The van der Waals surface area contributed by atoms with Gasteiger partial charge in [0.05, 0.1) is 6.10 Å². The van der Waals surface area contributed by atoms with Crippen molar-refractivity contribution in [3.63, 3.8) is 0 Å². The van der Waals surface area contributed by atoms with E-state index in [1.54, 1.807) is 39.8 Å². The van der Waals surface area contributed by atoms with Gasteiger partial charge < -0.3 is 58.3 Å². The van der Waals surface area contributed by atoms with Crippen molar-refractivity contribution >= 4 is 47.3 Å². The quantitative estimate of drug-likeness (QED) is 0.0633. The maximum absolute atomic E-state index is 13.8. The number of phenols is 1. The number of hydrogen-bond donors (Lipinski definition) is 10. The van der Waals surface area contributed by atoms with Crippen LogP contribution >= 0.6 is 0 Å². The van der Waals surface area contributed by atoms with Gasteiger partial charge in [-0.2, -0.15) is 0 Å². The predicted octanol–water partition coefficient (Wildman–Crippen LogP) is -2.26. The fourth-order valence-corrected chi connectivity index (χ4v) is 5.85. The van der Waals surface area contributed by atoms with E-state index in [0.29, 0.717) is 5.56 Å². The number of aliphatic carboxylic acids is 1. The summed E-state index contributed by atoms with van der Waals surface area (Å²) < 4.78 is 0. The normalized spacial score (nSPS) is 18.0. The van der Waals surface area contributed by atoms with Crippen molar-refractivity contribution in [2.24, 2.45) is 23.3 Å². The number of carboxylic acids is 1. The number of benzene rings is 1. The number of hydrogen-bond acceptors (Lipinski definition) is 11. The number of nitrogens with one attached hydrogen (secondary N) is 5. The highest BCUT2D eigenvalue weighted by atomic mass is 16.4. The monoisotopic (exact) mass is 776 g/mol. The number of phenolic OH excluding ortho intramolecular Hbond substituents is 1. The Morgan fingerprint density at radius 3 is 1.84 bits per heavy atom. The van der Waals surface area contributed by atoms with Gasteiger partial charge in [0, 0.05) is 31.8 Å². The van der Waals surface area contributed by atoms with E-state index in [0.717, 1.165) is 0 Å². The van der Waals surface area contributed by atoms with Crippen LogP contribution in [0.2, 0.25) is 0 Å². The van der Waals surface area contributed by atoms with Crippen LogP contribution in [0.3, 0.4) is 0 Å². The maximum atomic E-state index is 13.8. The molecule has 2 rings (SSSR count). The number of nitrogens with zero attached hydrogens (tertiary/aromatic N) is 1. The van der Waals surface area contributed by atoms with Crippen LogP contribution in [-0.4, -0.2) is 122 Å². The second-order valence-corrected chi connectivity index (χ2v) is 14.7. The van der Waals surface area contributed by atoms with Gasteiger partial charge in [-0.15, -0.1) is 0 Å². The molecule has 19 heteroatoms. The van der Waals surface area contributed by atoms with E-state index >= 15 is 0 Å². The molecular formula is C36H56N8O11. The molecule has 19 nitrogen and oxygen atoms in total. The number of primary amides is 1. The molecule has 12 N–H and O–H groups in total. The molecule has 0 bridgehead atoms. The molecule has 0 saturated carbocycles. The highest BCUT2D eigenvalue weighted by Gasteiger charge is 2.39. The smallest absolute Gasteiger partial charge is 0.303 e. The van der Waals surface area contributed by atoms with Crippen molar-refractivity contribution in [3.8, 4) is 5.75 Å². The summed E-state index contributed by atoms with van der Waals surface area (Å²) in [4.78, 5) is 105. The van der Waals surface area contributed by atoms with E-state index < -0.39 is 109 Å². The number of amides is 7. The second kappa shape index (κ2) is 21.0. The van der Waals surface area contributed by atoms with Crippen molar-refractivity contribution in [2.75, 3.05) is 6.54 Å². The SMILES string of the molecule is CC(C)C[C@@H](NC(=O)[C@@H](CCC(=O)O)NC(=O)[C@H](NC(=O)[C@H](NC(=O)[C@@H](Cc1ccc(O)cc1)N1C[C@H](N)CC1=O)[C@@H](C)O)C(C)C)C(=O)N[C@H](C)C(N)=O. The summed E-state index contributed by atoms with van der Waals surface area (Å²) in [6, 6.07) is -2.46. The summed E-state index contributed by atoms with van der Waals surface area (Å²) in [5.41, 5.74) is 11.8. The van der Waals surface area contributed by atoms with Crippen LogP contribution in [0.15, 0.2) is 24.3 Å². The van der Waals surface area contributed by atoms with E-state index in [1.165, 1.54) is 30.9 Å². The highest BCUT2D eigenvalue weighted by Crippen LogP contribution is 2.19. The van der Waals surface area contributed by atoms with Crippen molar-refractivity contribution < 1.29 is 53.7 Å². The number of carbonyl (C=O) groups excluding carboxylic acids is 7. The Labute approximate surface area is 319 Å². The Morgan fingerprint density at radius 1 is 0.800 bits per heavy atom. The third-order valence-corrected chi connectivity index (χ3v) is 8.95. The molecule has 1 aromatic rings. The molecule has 0 radical (unpaired) electrons. The second-order valence-electron chi connectivity index (χ2n) is 14.7. The average Bonchev–Trinajstić information content (AvgIpc) is 3.42. The number of aliphatic hydroxyl groups is 1. The Morgan fingerprint density at radius 2 is 1.35 bits per heavy atom. The number of rotatable bonds is 21. The number of likely N-dealkylation sites (tertiary alicyclic amines) is 1. The lowest BCUT2D eigenvalue weighted by molar-refractivity contribution is -0.140. The third kappa shape index (κ3) is 14.5. The van der Waals surface area contributed by atoms with Gasteiger partial charge in [0.1, 0.15) is 42.0 Å². The van der Waals surface area contributed by atoms with Gasteiger partial charge in [-0.3, -0.25) is 38.4 Å². The van der Waals surface area contributed by atoms with Crippen molar-refractivity contribution in [1.82, 2.24) is 31.5 Å². The number of aliphatic hydroxyl groups excluding tert-OH is 1. The summed E-state index contributed by atoms with van der Waals surface area (Å²) in [5.74, 6) is -7.55. The Hall–Kier alpha value is -5.30. The van der Waals surface area contributed by atoms with Crippen molar-refractivity contribution in [3.05, 3.63) is 29.8 Å². The molecule has 1 saturated heterocycles. The topological polar surface area (TPSA) is 313 Å². The van der Waals surface area contributed by atoms with E-state index in [2.05, 4.69) is 26.6 Å². The summed E-state index contributed by atoms with van der Waals surface area (Å²) in [7, 11) is 0. The summed E-state index contributed by atoms with van der Waals surface area (Å²) in [5, 5.41) is 42.0. The van der Waals surface area contributed by atoms with Crippen molar-refractivity contribution in [1.29, 1.82) is 0 Å². The molecule has 1 aliphatic heterocycles. The molecule has 55 heavy (non-hydrogen) atoms. The predicted molar refractivity (Wildman–Crippen MR) is 197 cm³/mol. The molecule has 1 aliphatic rings. The molecule has 1 heterocycles. The lowest BCUT2D eigenvalue weighted by Crippen LogP contribution is -2.62. The van der Waals surface area contributed by atoms with Crippen LogP contribution in [0.25, 0.3) is 0 Å². The van der Waals surface area contributed by atoms with Gasteiger partial charge >= 0.3 is 5.97 Å². The van der Waals surface area contributed by atoms with Gasteiger partial charge in [0.15, 0.2) is 0 Å². The lowest BCUT2D eigenvalue weighted by Gasteiger charge is -2.31. The van der Waals surface area contributed by atoms with Gasteiger partial charge in [-0.1, -0.05) is 39.8 Å². The number of aromatic hydroxyl groups is 1. The summed E-state index contributed by atoms with van der Waals surface area (Å²) in [6.07, 6.45) is -2.35. The molecule has 8 atom stereocenters. The average molecular weight is 777 g/mol. The van der Waals surface area contributed by atoms with Gasteiger partial charge in [0.25, 0.3) is 0 Å². The first-order valence-electron chi connectivity index (χ1n) is 18.1. The van der Waals surface area contributed by atoms with Crippen molar-refractivity contribution in [2.45, 2.75) is 122 Å². The molecule has 306 valence electrons. The van der Waals surface area contributed by atoms with Gasteiger partial charge in [-0.25, -0.2) is 0 Å². The van der Waals surface area contributed by atoms with Crippen LogP contribution in [0.5, 0.6) is 5.75 Å². The molecule has 0 spiro atoms. The standard InChI is InChI=1S/C36H56N8O11/c1-17(2)13-25(33(52)39-19(5)31(38)50)41-32(51)24(11-12-28(48)49)40-35(54)29(18(3)4)42-36(55)30(20(6)45)43-34(53)26(44-16-22(37)15-27(44)47)14-21-7-9-23(46)10-8-21/h7-10,17-20,22,24-26,29-30,45-46H,11-16,37H2,1-6H3,(H2,38,50)(H,39,52)(H,40,54)(H,41,51)(H,42,55)(H,43,53)(H,48,49)/t19-,20-,22-,24-,25-,26-,29-,30-/m1/s1. The van der Waals surface area contributed by atoms with Crippen LogP contribution in [-0.2, 0) is 44.8 Å². The fourth-order valence-electron chi connectivity index (χ4n) is 5.85. The number of carboxylic acid groups (broad SMARTS) is 1. The first-order valence-corrected chi connectivity index (χ1v) is 18.1. The number of carbonyl (C=O) groups is 8. The lowest BCUT2D eigenvalue weighted by atomic mass is 9.99. The molecule has 0 aliphatic carbocycles. The molecule has 7 amide bonds. The minimum Gasteiger partial charge on any atom is -0.508 e. The molecule has 0 aromatic heterocycles. The van der Waals surface area contributed by atoms with Crippen LogP contribution in [0.4, 0.5) is 0 Å². The Kier molecular flexibility index (Phi) is 17.5. The van der Waals surface area contributed by atoms with E-state index in [1.807, 2.05) is 0 Å². The minimum absolute atomic E-state index is 0.00356. The van der Waals surface area contributed by atoms with Crippen LogP contribution < -0.4 is 38.1 Å².